The van der Waals surface area contributed by atoms with Gasteiger partial charge in [-0.1, -0.05) is 19.4 Å². The fourth-order valence-electron chi connectivity index (χ4n) is 3.50. The summed E-state index contributed by atoms with van der Waals surface area (Å²) < 4.78 is 0. The summed E-state index contributed by atoms with van der Waals surface area (Å²) in [5.41, 5.74) is 2.95. The monoisotopic (exact) mass is 378 g/mol. The summed E-state index contributed by atoms with van der Waals surface area (Å²) in [5.74, 6) is 0.773. The Kier molecular flexibility index (Phi) is 5.13. The number of carbonyl (C=O) groups is 1. The van der Waals surface area contributed by atoms with Gasteiger partial charge in [-0.05, 0) is 43.9 Å². The molecular formula is C22H26N4O2. The lowest BCUT2D eigenvalue weighted by atomic mass is 9.95. The molecule has 0 spiro atoms. The molecule has 2 aromatic heterocycles. The number of dihydropyridines is 1. The third-order valence-corrected chi connectivity index (χ3v) is 5.35. The zero-order chi connectivity index (χ0) is 19.7. The number of nitrogens with one attached hydrogen (secondary N) is 2. The van der Waals surface area contributed by atoms with Crippen LogP contribution in [-0.4, -0.2) is 33.1 Å². The molecule has 0 saturated heterocycles. The van der Waals surface area contributed by atoms with Gasteiger partial charge in [-0.3, -0.25) is 9.78 Å². The van der Waals surface area contributed by atoms with E-state index in [1.54, 1.807) is 6.20 Å². The number of amides is 1. The van der Waals surface area contributed by atoms with Gasteiger partial charge in [0, 0.05) is 40.9 Å². The first kappa shape index (κ1) is 18.6. The normalized spacial score (nSPS) is 20.2. The van der Waals surface area contributed by atoms with E-state index in [2.05, 4.69) is 33.6 Å². The quantitative estimate of drug-likeness (QED) is 0.717. The van der Waals surface area contributed by atoms with Crippen LogP contribution in [0.2, 0.25) is 0 Å². The molecule has 146 valence electrons. The number of aliphatic hydroxyl groups excluding tert-OH is 1. The van der Waals surface area contributed by atoms with E-state index in [-0.39, 0.29) is 17.9 Å². The van der Waals surface area contributed by atoms with Crippen molar-refractivity contribution in [2.24, 2.45) is 5.92 Å². The molecule has 1 aliphatic heterocycles. The van der Waals surface area contributed by atoms with Gasteiger partial charge in [-0.15, -0.1) is 0 Å². The van der Waals surface area contributed by atoms with Gasteiger partial charge in [-0.2, -0.15) is 0 Å². The number of anilines is 1. The highest BCUT2D eigenvalue weighted by molar-refractivity contribution is 5.95. The lowest BCUT2D eigenvalue weighted by molar-refractivity contribution is -0.117. The third kappa shape index (κ3) is 3.92. The highest BCUT2D eigenvalue weighted by Crippen LogP contribution is 2.31. The number of hydrogen-bond acceptors (Lipinski definition) is 5. The van der Waals surface area contributed by atoms with Gasteiger partial charge in [-0.25, -0.2) is 4.98 Å². The minimum atomic E-state index is -0.393. The second kappa shape index (κ2) is 7.72. The van der Waals surface area contributed by atoms with E-state index in [9.17, 15) is 9.90 Å². The van der Waals surface area contributed by atoms with Crippen LogP contribution in [0.4, 0.5) is 5.82 Å². The minimum absolute atomic E-state index is 0.0513. The number of nitrogens with zero attached hydrogens (tertiary/aromatic N) is 2. The molecule has 1 aliphatic carbocycles. The Hall–Kier alpha value is -2.73. The van der Waals surface area contributed by atoms with Gasteiger partial charge in [0.2, 0.25) is 5.91 Å². The Balaban J connectivity index is 1.53. The van der Waals surface area contributed by atoms with Crippen LogP contribution in [0.1, 0.15) is 45.2 Å². The van der Waals surface area contributed by atoms with E-state index in [1.165, 1.54) is 0 Å². The molecule has 6 nitrogen and oxygen atoms in total. The van der Waals surface area contributed by atoms with Crippen molar-refractivity contribution in [2.45, 2.75) is 51.7 Å². The Labute approximate surface area is 164 Å². The summed E-state index contributed by atoms with van der Waals surface area (Å²) in [4.78, 5) is 20.9. The predicted molar refractivity (Wildman–Crippen MR) is 110 cm³/mol. The molecule has 2 atom stereocenters. The summed E-state index contributed by atoms with van der Waals surface area (Å²) in [7, 11) is 0. The largest absolute Gasteiger partial charge is 0.391 e. The SMILES string of the molecule is CCCC(O)C1C=C(C)C(c2cc3cnc(NC(=O)C4CC4)cc3cn2)=CN1. The van der Waals surface area contributed by atoms with Crippen LogP contribution in [0.25, 0.3) is 16.3 Å². The van der Waals surface area contributed by atoms with E-state index < -0.39 is 6.10 Å². The average Bonchev–Trinajstić information content (AvgIpc) is 3.53. The maximum atomic E-state index is 11.9. The third-order valence-electron chi connectivity index (χ3n) is 5.35. The Morgan fingerprint density at radius 1 is 1.29 bits per heavy atom. The number of carbonyl (C=O) groups excluding carboxylic acids is 1. The van der Waals surface area contributed by atoms with E-state index in [0.29, 0.717) is 5.82 Å². The van der Waals surface area contributed by atoms with Crippen molar-refractivity contribution in [2.75, 3.05) is 5.32 Å². The van der Waals surface area contributed by atoms with E-state index in [1.807, 2.05) is 31.5 Å². The fourth-order valence-corrected chi connectivity index (χ4v) is 3.50. The van der Waals surface area contributed by atoms with E-state index in [4.69, 9.17) is 0 Å². The van der Waals surface area contributed by atoms with Crippen LogP contribution >= 0.6 is 0 Å². The molecule has 28 heavy (non-hydrogen) atoms. The van der Waals surface area contributed by atoms with E-state index >= 15 is 0 Å². The molecule has 3 N–H and O–H groups in total. The number of pyridine rings is 2. The van der Waals surface area contributed by atoms with Crippen molar-refractivity contribution in [3.05, 3.63) is 48.1 Å². The summed E-state index contributed by atoms with van der Waals surface area (Å²) in [6, 6.07) is 3.80. The molecule has 0 aromatic carbocycles. The molecule has 4 rings (SSSR count). The van der Waals surface area contributed by atoms with Crippen molar-refractivity contribution in [1.82, 2.24) is 15.3 Å². The van der Waals surface area contributed by atoms with Crippen molar-refractivity contribution in [3.63, 3.8) is 0 Å². The van der Waals surface area contributed by atoms with Gasteiger partial charge in [0.15, 0.2) is 0 Å². The first-order valence-corrected chi connectivity index (χ1v) is 9.95. The summed E-state index contributed by atoms with van der Waals surface area (Å²) in [5, 5.41) is 18.3. The first-order chi connectivity index (χ1) is 13.5. The average molecular weight is 378 g/mol. The second-order valence-corrected chi connectivity index (χ2v) is 7.71. The van der Waals surface area contributed by atoms with Gasteiger partial charge >= 0.3 is 0 Å². The number of rotatable bonds is 6. The molecule has 2 aliphatic rings. The van der Waals surface area contributed by atoms with Crippen LogP contribution < -0.4 is 10.6 Å². The number of allylic oxidation sites excluding steroid dienone is 2. The first-order valence-electron chi connectivity index (χ1n) is 9.95. The fraction of sp³-hybridized carbons (Fsp3) is 0.409. The summed E-state index contributed by atoms with van der Waals surface area (Å²) in [6.07, 6.45) is 10.8. The van der Waals surface area contributed by atoms with Crippen LogP contribution in [0.3, 0.4) is 0 Å². The molecule has 0 bridgehead atoms. The highest BCUT2D eigenvalue weighted by Gasteiger charge is 2.29. The lowest BCUT2D eigenvalue weighted by Gasteiger charge is -2.26. The predicted octanol–water partition coefficient (Wildman–Crippen LogP) is 3.40. The molecule has 0 radical (unpaired) electrons. The number of aliphatic hydroxyl groups is 1. The topological polar surface area (TPSA) is 87.1 Å². The molecule has 2 unspecified atom stereocenters. The maximum absolute atomic E-state index is 11.9. The van der Waals surface area contributed by atoms with Gasteiger partial charge < -0.3 is 15.7 Å². The molecule has 1 fully saturated rings. The zero-order valence-electron chi connectivity index (χ0n) is 16.3. The van der Waals surface area contributed by atoms with Gasteiger partial charge in [0.05, 0.1) is 17.8 Å². The van der Waals surface area contributed by atoms with Crippen molar-refractivity contribution in [3.8, 4) is 0 Å². The molecule has 2 aromatic rings. The molecular weight excluding hydrogens is 352 g/mol. The summed E-state index contributed by atoms with van der Waals surface area (Å²) >= 11 is 0. The highest BCUT2D eigenvalue weighted by atomic mass is 16.3. The standard InChI is InChI=1S/C22H26N4O2/c1-3-4-20(27)19-7-13(2)17(12-24-19)18-8-15-11-25-21(9-16(15)10-23-18)26-22(28)14-5-6-14/h7-12,14,19-20,24,27H,3-6H2,1-2H3,(H,25,26,28). The number of hydrogen-bond donors (Lipinski definition) is 3. The van der Waals surface area contributed by atoms with Crippen molar-refractivity contribution < 1.29 is 9.90 Å². The number of fused-ring (bicyclic) bond motifs is 1. The zero-order valence-corrected chi connectivity index (χ0v) is 16.3. The van der Waals surface area contributed by atoms with Crippen molar-refractivity contribution >= 4 is 28.1 Å². The maximum Gasteiger partial charge on any atom is 0.228 e. The molecule has 6 heteroatoms. The van der Waals surface area contributed by atoms with Crippen LogP contribution in [-0.2, 0) is 4.79 Å². The van der Waals surface area contributed by atoms with Crippen LogP contribution in [0.15, 0.2) is 42.4 Å². The Bertz CT molecular complexity index is 962. The van der Waals surface area contributed by atoms with Crippen molar-refractivity contribution in [1.29, 1.82) is 0 Å². The minimum Gasteiger partial charge on any atom is -0.391 e. The lowest BCUT2D eigenvalue weighted by Crippen LogP contribution is -2.37. The van der Waals surface area contributed by atoms with Crippen LogP contribution in [0.5, 0.6) is 0 Å². The molecule has 1 amide bonds. The number of aromatic nitrogens is 2. The second-order valence-electron chi connectivity index (χ2n) is 7.71. The summed E-state index contributed by atoms with van der Waals surface area (Å²) in [6.45, 7) is 4.11. The van der Waals surface area contributed by atoms with Gasteiger partial charge in [0.25, 0.3) is 0 Å². The molecule has 1 saturated carbocycles. The van der Waals surface area contributed by atoms with E-state index in [0.717, 1.165) is 53.3 Å². The van der Waals surface area contributed by atoms with Gasteiger partial charge in [0.1, 0.15) is 5.82 Å². The van der Waals surface area contributed by atoms with Crippen LogP contribution in [0, 0.1) is 5.92 Å². The smallest absolute Gasteiger partial charge is 0.228 e. The molecule has 3 heterocycles. The Morgan fingerprint density at radius 2 is 2.04 bits per heavy atom. The Morgan fingerprint density at radius 3 is 2.75 bits per heavy atom.